The maximum Gasteiger partial charge on any atom is 0.315 e. The Hall–Kier alpha value is -1.50. The second-order valence-corrected chi connectivity index (χ2v) is 4.50. The van der Waals surface area contributed by atoms with Crippen LogP contribution < -0.4 is 5.73 Å². The predicted octanol–water partition coefficient (Wildman–Crippen LogP) is 1.53. The molecule has 0 heterocycles. The molecule has 0 aromatic heterocycles. The highest BCUT2D eigenvalue weighted by atomic mass is 79.9. The number of nitrogens with two attached hydrogens (primary N) is 1. The zero-order valence-electron chi connectivity index (χ0n) is 9.28. The van der Waals surface area contributed by atoms with Gasteiger partial charge in [-0.1, -0.05) is 28.1 Å². The lowest BCUT2D eigenvalue weighted by Gasteiger charge is -2.20. The van der Waals surface area contributed by atoms with Crippen molar-refractivity contribution in [2.75, 3.05) is 6.54 Å². The summed E-state index contributed by atoms with van der Waals surface area (Å²) < 4.78 is 25.5. The molecular weight excluding hydrogens is 310 g/mol. The summed E-state index contributed by atoms with van der Waals surface area (Å²) in [5, 5.41) is 0. The minimum Gasteiger partial charge on any atom is -0.368 e. The van der Waals surface area contributed by atoms with Crippen LogP contribution in [-0.2, 0) is 16.1 Å². The molecule has 0 atom stereocenters. The standard InChI is InChI=1S/C11H11BrF2N2O2/c12-8-3-1-7(2-4-8)5-16(6-9(15)17)11(18)10(13)14/h1-4,10H,5-6H2,(H2,15,17). The smallest absolute Gasteiger partial charge is 0.315 e. The Morgan fingerprint density at radius 3 is 2.28 bits per heavy atom. The Morgan fingerprint density at radius 2 is 1.83 bits per heavy atom. The van der Waals surface area contributed by atoms with E-state index in [2.05, 4.69) is 15.9 Å². The van der Waals surface area contributed by atoms with Gasteiger partial charge in [0.05, 0.1) is 6.54 Å². The summed E-state index contributed by atoms with van der Waals surface area (Å²) >= 11 is 3.23. The molecule has 0 aliphatic heterocycles. The van der Waals surface area contributed by atoms with Crippen molar-refractivity contribution < 1.29 is 18.4 Å². The molecule has 7 heteroatoms. The Bertz CT molecular complexity index is 437. The molecule has 0 aliphatic rings. The molecule has 0 spiro atoms. The van der Waals surface area contributed by atoms with Gasteiger partial charge in [0.25, 0.3) is 5.91 Å². The van der Waals surface area contributed by atoms with Crippen molar-refractivity contribution in [3.63, 3.8) is 0 Å². The lowest BCUT2D eigenvalue weighted by Crippen LogP contribution is -2.41. The van der Waals surface area contributed by atoms with Gasteiger partial charge < -0.3 is 10.6 Å². The molecule has 2 N–H and O–H groups in total. The largest absolute Gasteiger partial charge is 0.368 e. The number of nitrogens with zero attached hydrogens (tertiary/aromatic N) is 1. The number of carbonyl (C=O) groups excluding carboxylic acids is 2. The Balaban J connectivity index is 2.81. The van der Waals surface area contributed by atoms with Crippen LogP contribution in [0.3, 0.4) is 0 Å². The lowest BCUT2D eigenvalue weighted by molar-refractivity contribution is -0.145. The first-order valence-corrected chi connectivity index (χ1v) is 5.79. The molecule has 0 saturated heterocycles. The van der Waals surface area contributed by atoms with E-state index in [-0.39, 0.29) is 6.54 Å². The fourth-order valence-corrected chi connectivity index (χ4v) is 1.61. The third kappa shape index (κ3) is 4.40. The van der Waals surface area contributed by atoms with Crippen LogP contribution in [0.15, 0.2) is 28.7 Å². The SMILES string of the molecule is NC(=O)CN(Cc1ccc(Br)cc1)C(=O)C(F)F. The van der Waals surface area contributed by atoms with E-state index in [0.29, 0.717) is 5.56 Å². The van der Waals surface area contributed by atoms with Crippen molar-refractivity contribution in [2.45, 2.75) is 13.0 Å². The minimum atomic E-state index is -3.15. The van der Waals surface area contributed by atoms with Crippen molar-refractivity contribution in [1.82, 2.24) is 4.90 Å². The van der Waals surface area contributed by atoms with Gasteiger partial charge in [0.1, 0.15) is 0 Å². The predicted molar refractivity (Wildman–Crippen MR) is 64.8 cm³/mol. The first-order chi connectivity index (χ1) is 8.40. The third-order valence-electron chi connectivity index (χ3n) is 2.13. The summed E-state index contributed by atoms with van der Waals surface area (Å²) in [6.45, 7) is -0.612. The number of alkyl halides is 2. The van der Waals surface area contributed by atoms with E-state index >= 15 is 0 Å². The molecule has 1 rings (SSSR count). The maximum absolute atomic E-state index is 12.3. The van der Waals surface area contributed by atoms with Crippen LogP contribution in [-0.4, -0.2) is 29.7 Å². The zero-order valence-corrected chi connectivity index (χ0v) is 10.9. The Kier molecular flexibility index (Phi) is 5.21. The molecule has 18 heavy (non-hydrogen) atoms. The summed E-state index contributed by atoms with van der Waals surface area (Å²) in [7, 11) is 0. The topological polar surface area (TPSA) is 63.4 Å². The van der Waals surface area contributed by atoms with Gasteiger partial charge in [0.2, 0.25) is 5.91 Å². The van der Waals surface area contributed by atoms with E-state index in [1.165, 1.54) is 0 Å². The number of carbonyl (C=O) groups is 2. The van der Waals surface area contributed by atoms with Crippen LogP contribution in [0.2, 0.25) is 0 Å². The van der Waals surface area contributed by atoms with E-state index in [4.69, 9.17) is 5.73 Å². The molecule has 0 bridgehead atoms. The fraction of sp³-hybridized carbons (Fsp3) is 0.273. The Labute approximate surface area is 111 Å². The van der Waals surface area contributed by atoms with Crippen LogP contribution >= 0.6 is 15.9 Å². The number of hydrogen-bond donors (Lipinski definition) is 1. The van der Waals surface area contributed by atoms with E-state index in [0.717, 1.165) is 9.37 Å². The number of hydrogen-bond acceptors (Lipinski definition) is 2. The summed E-state index contributed by atoms with van der Waals surface area (Å²) in [5.74, 6) is -2.24. The van der Waals surface area contributed by atoms with Crippen LogP contribution in [0.5, 0.6) is 0 Å². The first kappa shape index (κ1) is 14.6. The number of benzene rings is 1. The van der Waals surface area contributed by atoms with Crippen molar-refractivity contribution in [3.05, 3.63) is 34.3 Å². The van der Waals surface area contributed by atoms with Crippen molar-refractivity contribution in [3.8, 4) is 0 Å². The van der Waals surface area contributed by atoms with Crippen LogP contribution in [0.1, 0.15) is 5.56 Å². The number of halogens is 3. The van der Waals surface area contributed by atoms with Crippen molar-refractivity contribution in [2.24, 2.45) is 5.73 Å². The zero-order chi connectivity index (χ0) is 13.7. The normalized spacial score (nSPS) is 10.4. The van der Waals surface area contributed by atoms with Gasteiger partial charge in [-0.05, 0) is 17.7 Å². The quantitative estimate of drug-likeness (QED) is 0.894. The lowest BCUT2D eigenvalue weighted by atomic mass is 10.2. The third-order valence-corrected chi connectivity index (χ3v) is 2.66. The van der Waals surface area contributed by atoms with Crippen molar-refractivity contribution in [1.29, 1.82) is 0 Å². The number of primary amides is 1. The van der Waals surface area contributed by atoms with Crippen LogP contribution in [0, 0.1) is 0 Å². The number of amides is 2. The highest BCUT2D eigenvalue weighted by Crippen LogP contribution is 2.13. The molecule has 2 amide bonds. The molecule has 4 nitrogen and oxygen atoms in total. The van der Waals surface area contributed by atoms with E-state index in [1.807, 2.05) is 0 Å². The average Bonchev–Trinajstić information content (AvgIpc) is 2.29. The monoisotopic (exact) mass is 320 g/mol. The molecule has 1 aromatic carbocycles. The van der Waals surface area contributed by atoms with Gasteiger partial charge in [-0.15, -0.1) is 0 Å². The van der Waals surface area contributed by atoms with E-state index in [9.17, 15) is 18.4 Å². The molecule has 98 valence electrons. The van der Waals surface area contributed by atoms with Gasteiger partial charge in [0, 0.05) is 11.0 Å². The van der Waals surface area contributed by atoms with Crippen LogP contribution in [0.4, 0.5) is 8.78 Å². The summed E-state index contributed by atoms with van der Waals surface area (Å²) in [6, 6.07) is 6.75. The van der Waals surface area contributed by atoms with Gasteiger partial charge >= 0.3 is 6.43 Å². The van der Waals surface area contributed by atoms with Crippen molar-refractivity contribution >= 4 is 27.7 Å². The van der Waals surface area contributed by atoms with Gasteiger partial charge in [0.15, 0.2) is 0 Å². The van der Waals surface area contributed by atoms with E-state index < -0.39 is 24.8 Å². The van der Waals surface area contributed by atoms with Gasteiger partial charge in [-0.3, -0.25) is 9.59 Å². The summed E-state index contributed by atoms with van der Waals surface area (Å²) in [6.07, 6.45) is -3.15. The second-order valence-electron chi connectivity index (χ2n) is 3.59. The molecular formula is C11H11BrF2N2O2. The van der Waals surface area contributed by atoms with Crippen LogP contribution in [0.25, 0.3) is 0 Å². The minimum absolute atomic E-state index is 0.0839. The maximum atomic E-state index is 12.3. The van der Waals surface area contributed by atoms with E-state index in [1.54, 1.807) is 24.3 Å². The molecule has 1 aromatic rings. The highest BCUT2D eigenvalue weighted by molar-refractivity contribution is 9.10. The number of rotatable bonds is 5. The van der Waals surface area contributed by atoms with Gasteiger partial charge in [-0.2, -0.15) is 8.78 Å². The summed E-state index contributed by atoms with van der Waals surface area (Å²) in [4.78, 5) is 22.7. The van der Waals surface area contributed by atoms with Gasteiger partial charge in [-0.25, -0.2) is 0 Å². The molecule has 0 saturated carbocycles. The highest BCUT2D eigenvalue weighted by Gasteiger charge is 2.24. The summed E-state index contributed by atoms with van der Waals surface area (Å²) in [5.41, 5.74) is 5.56. The molecule has 0 radical (unpaired) electrons. The molecule has 0 unspecified atom stereocenters. The second kappa shape index (κ2) is 6.44. The first-order valence-electron chi connectivity index (χ1n) is 5.00. The molecule has 0 aliphatic carbocycles. The Morgan fingerprint density at radius 1 is 1.28 bits per heavy atom. The molecule has 0 fully saturated rings. The average molecular weight is 321 g/mol. The fourth-order valence-electron chi connectivity index (χ4n) is 1.35.